The van der Waals surface area contributed by atoms with Crippen LogP contribution in [0.2, 0.25) is 0 Å². The maximum Gasteiger partial charge on any atom is 0.216 e. The lowest BCUT2D eigenvalue weighted by Crippen LogP contribution is -2.30. The van der Waals surface area contributed by atoms with Gasteiger partial charge in [0.05, 0.1) is 7.11 Å². The summed E-state index contributed by atoms with van der Waals surface area (Å²) < 4.78 is 5.08. The number of rotatable bonds is 5. The Hall–Kier alpha value is -1.16. The molecule has 1 N–H and O–H groups in total. The summed E-state index contributed by atoms with van der Waals surface area (Å²) in [6.45, 7) is 4.28. The van der Waals surface area contributed by atoms with Crippen LogP contribution in [-0.2, 0) is 0 Å². The number of ether oxygens (including phenoxy) is 1. The summed E-state index contributed by atoms with van der Waals surface area (Å²) in [5, 5.41) is 3.27. The third-order valence-corrected chi connectivity index (χ3v) is 2.68. The molecule has 0 saturated heterocycles. The summed E-state index contributed by atoms with van der Waals surface area (Å²) in [5.41, 5.74) is 0. The summed E-state index contributed by atoms with van der Waals surface area (Å²) >= 11 is 0. The topological polar surface area (TPSA) is 47.0 Å². The van der Waals surface area contributed by atoms with Crippen molar-refractivity contribution in [3.8, 4) is 5.88 Å². The maximum atomic E-state index is 5.08. The average Bonchev–Trinajstić information content (AvgIpc) is 2.30. The van der Waals surface area contributed by atoms with Gasteiger partial charge < -0.3 is 10.1 Å². The predicted molar refractivity (Wildman–Crippen MR) is 60.1 cm³/mol. The normalized spacial score (nSPS) is 14.7. The Bertz CT molecular complexity index is 300. The molecular weight excluding hydrogens is 190 g/mol. The number of methoxy groups -OCH3 is 1. The molecular formula is C11H19N3O. The molecule has 2 unspecified atom stereocenters. The first-order valence-electron chi connectivity index (χ1n) is 5.27. The first-order chi connectivity index (χ1) is 7.22. The van der Waals surface area contributed by atoms with Crippen LogP contribution in [0.1, 0.15) is 32.0 Å². The van der Waals surface area contributed by atoms with Gasteiger partial charge in [-0.2, -0.15) is 4.98 Å². The minimum atomic E-state index is 0.287. The zero-order valence-corrected chi connectivity index (χ0v) is 9.82. The average molecular weight is 209 g/mol. The molecule has 0 radical (unpaired) electrons. The number of nitrogens with one attached hydrogen (secondary N) is 1. The van der Waals surface area contributed by atoms with Gasteiger partial charge in [-0.05, 0) is 13.5 Å². The molecule has 0 aliphatic carbocycles. The minimum Gasteiger partial charge on any atom is -0.481 e. The van der Waals surface area contributed by atoms with Crippen molar-refractivity contribution in [3.05, 3.63) is 18.1 Å². The number of nitrogens with zero attached hydrogens (tertiary/aromatic N) is 2. The Morgan fingerprint density at radius 2 is 2.27 bits per heavy atom. The monoisotopic (exact) mass is 209 g/mol. The Labute approximate surface area is 91.1 Å². The van der Waals surface area contributed by atoms with E-state index in [0.717, 1.165) is 12.2 Å². The molecule has 0 saturated carbocycles. The van der Waals surface area contributed by atoms with E-state index in [1.54, 1.807) is 19.4 Å². The zero-order chi connectivity index (χ0) is 11.3. The molecule has 15 heavy (non-hydrogen) atoms. The van der Waals surface area contributed by atoms with E-state index >= 15 is 0 Å². The summed E-state index contributed by atoms with van der Waals surface area (Å²) in [6, 6.07) is 2.16. The highest BCUT2D eigenvalue weighted by atomic mass is 16.5. The molecule has 0 aliphatic heterocycles. The standard InChI is InChI=1S/C11H19N3O/c1-5-9(12-3)8(2)11-13-7-6-10(14-11)15-4/h6-9,12H,5H2,1-4H3. The van der Waals surface area contributed by atoms with Gasteiger partial charge in [0.1, 0.15) is 5.82 Å². The van der Waals surface area contributed by atoms with Crippen molar-refractivity contribution in [1.82, 2.24) is 15.3 Å². The lowest BCUT2D eigenvalue weighted by Gasteiger charge is -2.20. The van der Waals surface area contributed by atoms with Gasteiger partial charge in [0.25, 0.3) is 0 Å². The molecule has 0 fully saturated rings. The van der Waals surface area contributed by atoms with Crippen molar-refractivity contribution in [2.24, 2.45) is 0 Å². The van der Waals surface area contributed by atoms with Crippen molar-refractivity contribution in [2.75, 3.05) is 14.2 Å². The van der Waals surface area contributed by atoms with Gasteiger partial charge >= 0.3 is 0 Å². The second kappa shape index (κ2) is 5.66. The highest BCUT2D eigenvalue weighted by molar-refractivity contribution is 5.11. The summed E-state index contributed by atoms with van der Waals surface area (Å²) in [6.07, 6.45) is 2.79. The fraction of sp³-hybridized carbons (Fsp3) is 0.636. The van der Waals surface area contributed by atoms with E-state index in [1.165, 1.54) is 0 Å². The molecule has 0 amide bonds. The molecule has 0 aliphatic rings. The SMILES string of the molecule is CCC(NC)C(C)c1nccc(OC)n1. The van der Waals surface area contributed by atoms with Gasteiger partial charge in [-0.15, -0.1) is 0 Å². The van der Waals surface area contributed by atoms with Crippen LogP contribution in [0.3, 0.4) is 0 Å². The molecule has 0 spiro atoms. The third kappa shape index (κ3) is 2.89. The lowest BCUT2D eigenvalue weighted by atomic mass is 9.99. The van der Waals surface area contributed by atoms with Crippen LogP contribution < -0.4 is 10.1 Å². The molecule has 0 aromatic carbocycles. The molecule has 1 heterocycles. The van der Waals surface area contributed by atoms with Crippen LogP contribution in [0.15, 0.2) is 12.3 Å². The van der Waals surface area contributed by atoms with Gasteiger partial charge in [0, 0.05) is 24.2 Å². The highest BCUT2D eigenvalue weighted by Crippen LogP contribution is 2.18. The number of aromatic nitrogens is 2. The number of hydrogen-bond acceptors (Lipinski definition) is 4. The zero-order valence-electron chi connectivity index (χ0n) is 9.82. The van der Waals surface area contributed by atoms with Crippen molar-refractivity contribution in [1.29, 1.82) is 0 Å². The molecule has 84 valence electrons. The van der Waals surface area contributed by atoms with Crippen molar-refractivity contribution < 1.29 is 4.74 Å². The second-order valence-corrected chi connectivity index (χ2v) is 3.55. The summed E-state index contributed by atoms with van der Waals surface area (Å²) in [4.78, 5) is 8.61. The Morgan fingerprint density at radius 3 is 2.80 bits per heavy atom. The highest BCUT2D eigenvalue weighted by Gasteiger charge is 2.18. The largest absolute Gasteiger partial charge is 0.481 e. The van der Waals surface area contributed by atoms with E-state index in [-0.39, 0.29) is 5.92 Å². The smallest absolute Gasteiger partial charge is 0.216 e. The number of likely N-dealkylation sites (N-methyl/N-ethyl adjacent to an activating group) is 1. The van der Waals surface area contributed by atoms with E-state index in [0.29, 0.717) is 11.9 Å². The number of hydrogen-bond donors (Lipinski definition) is 1. The molecule has 4 nitrogen and oxygen atoms in total. The Balaban J connectivity index is 2.84. The second-order valence-electron chi connectivity index (χ2n) is 3.55. The molecule has 1 rings (SSSR count). The van der Waals surface area contributed by atoms with Crippen molar-refractivity contribution in [3.63, 3.8) is 0 Å². The summed E-state index contributed by atoms with van der Waals surface area (Å²) in [7, 11) is 3.58. The first-order valence-corrected chi connectivity index (χ1v) is 5.27. The lowest BCUT2D eigenvalue weighted by molar-refractivity contribution is 0.387. The molecule has 1 aromatic heterocycles. The molecule has 4 heteroatoms. The van der Waals surface area contributed by atoms with Crippen LogP contribution in [0.5, 0.6) is 5.88 Å². The fourth-order valence-electron chi connectivity index (χ4n) is 1.68. The third-order valence-electron chi connectivity index (χ3n) is 2.68. The van der Waals surface area contributed by atoms with E-state index in [1.807, 2.05) is 7.05 Å². The summed E-state index contributed by atoms with van der Waals surface area (Å²) in [5.74, 6) is 1.74. The first kappa shape index (κ1) is 11.9. The van der Waals surface area contributed by atoms with Gasteiger partial charge in [-0.3, -0.25) is 0 Å². The van der Waals surface area contributed by atoms with Gasteiger partial charge in [0.15, 0.2) is 0 Å². The molecule has 1 aromatic rings. The molecule has 0 bridgehead atoms. The van der Waals surface area contributed by atoms with Crippen LogP contribution >= 0.6 is 0 Å². The van der Waals surface area contributed by atoms with Gasteiger partial charge in [-0.1, -0.05) is 13.8 Å². The fourth-order valence-corrected chi connectivity index (χ4v) is 1.68. The van der Waals surface area contributed by atoms with Crippen molar-refractivity contribution in [2.45, 2.75) is 32.2 Å². The molecule has 2 atom stereocenters. The van der Waals surface area contributed by atoms with Crippen LogP contribution in [0.25, 0.3) is 0 Å². The van der Waals surface area contributed by atoms with Crippen LogP contribution in [0, 0.1) is 0 Å². The van der Waals surface area contributed by atoms with E-state index < -0.39 is 0 Å². The Morgan fingerprint density at radius 1 is 1.53 bits per heavy atom. The van der Waals surface area contributed by atoms with Crippen LogP contribution in [0.4, 0.5) is 0 Å². The Kier molecular flexibility index (Phi) is 4.49. The van der Waals surface area contributed by atoms with E-state index in [2.05, 4.69) is 29.1 Å². The van der Waals surface area contributed by atoms with Crippen molar-refractivity contribution >= 4 is 0 Å². The maximum absolute atomic E-state index is 5.08. The van der Waals surface area contributed by atoms with Gasteiger partial charge in [0.2, 0.25) is 5.88 Å². The van der Waals surface area contributed by atoms with Crippen LogP contribution in [-0.4, -0.2) is 30.2 Å². The quantitative estimate of drug-likeness (QED) is 0.800. The predicted octanol–water partition coefficient (Wildman–Crippen LogP) is 1.59. The van der Waals surface area contributed by atoms with Gasteiger partial charge in [-0.25, -0.2) is 4.98 Å². The minimum absolute atomic E-state index is 0.287. The van der Waals surface area contributed by atoms with E-state index in [4.69, 9.17) is 4.74 Å². The van der Waals surface area contributed by atoms with E-state index in [9.17, 15) is 0 Å².